The molecule has 0 amide bonds. The molecule has 2 atom stereocenters. The lowest BCUT2D eigenvalue weighted by atomic mass is 9.85. The van der Waals surface area contributed by atoms with Crippen molar-refractivity contribution in [1.82, 2.24) is 0 Å². The van der Waals surface area contributed by atoms with Crippen molar-refractivity contribution in [3.05, 3.63) is 35.9 Å². The summed E-state index contributed by atoms with van der Waals surface area (Å²) in [5.74, 6) is 0.726. The summed E-state index contributed by atoms with van der Waals surface area (Å²) in [5, 5.41) is 9.64. The molecule has 0 radical (unpaired) electrons. The molecule has 13 heavy (non-hydrogen) atoms. The SMILES string of the molecule is CC(C)[C@H](c1ccccc1)C(C)O. The lowest BCUT2D eigenvalue weighted by molar-refractivity contribution is 0.140. The van der Waals surface area contributed by atoms with E-state index in [1.54, 1.807) is 0 Å². The smallest absolute Gasteiger partial charge is 0.0583 e. The Kier molecular flexibility index (Phi) is 3.49. The van der Waals surface area contributed by atoms with Gasteiger partial charge in [-0.3, -0.25) is 0 Å². The molecule has 1 rings (SSSR count). The number of aliphatic hydroxyl groups is 1. The van der Waals surface area contributed by atoms with E-state index >= 15 is 0 Å². The van der Waals surface area contributed by atoms with Crippen LogP contribution in [0.4, 0.5) is 0 Å². The maximum Gasteiger partial charge on any atom is 0.0583 e. The quantitative estimate of drug-likeness (QED) is 0.754. The fraction of sp³-hybridized carbons (Fsp3) is 0.500. The van der Waals surface area contributed by atoms with Gasteiger partial charge in [0, 0.05) is 5.92 Å². The summed E-state index contributed by atoms with van der Waals surface area (Å²) in [6, 6.07) is 10.2. The predicted octanol–water partition coefficient (Wildman–Crippen LogP) is 2.81. The van der Waals surface area contributed by atoms with Crippen LogP contribution in [0.25, 0.3) is 0 Å². The van der Waals surface area contributed by atoms with Gasteiger partial charge in [-0.15, -0.1) is 0 Å². The highest BCUT2D eigenvalue weighted by Crippen LogP contribution is 2.27. The number of aliphatic hydroxyl groups excluding tert-OH is 1. The van der Waals surface area contributed by atoms with E-state index < -0.39 is 0 Å². The molecule has 0 heterocycles. The van der Waals surface area contributed by atoms with Gasteiger partial charge in [0.05, 0.1) is 6.10 Å². The Morgan fingerprint density at radius 3 is 1.92 bits per heavy atom. The minimum Gasteiger partial charge on any atom is -0.393 e. The molecular weight excluding hydrogens is 160 g/mol. The fourth-order valence-corrected chi connectivity index (χ4v) is 1.90. The first-order chi connectivity index (χ1) is 6.13. The van der Waals surface area contributed by atoms with Crippen LogP contribution in [0.15, 0.2) is 30.3 Å². The summed E-state index contributed by atoms with van der Waals surface area (Å²) in [7, 11) is 0. The lowest BCUT2D eigenvalue weighted by Gasteiger charge is -2.24. The number of hydrogen-bond acceptors (Lipinski definition) is 1. The molecule has 72 valence electrons. The van der Waals surface area contributed by atoms with Crippen molar-refractivity contribution >= 4 is 0 Å². The van der Waals surface area contributed by atoms with E-state index in [1.165, 1.54) is 5.56 Å². The molecule has 1 aromatic carbocycles. The van der Waals surface area contributed by atoms with Gasteiger partial charge in [0.1, 0.15) is 0 Å². The van der Waals surface area contributed by atoms with E-state index in [-0.39, 0.29) is 12.0 Å². The van der Waals surface area contributed by atoms with E-state index in [9.17, 15) is 5.11 Å². The molecule has 0 aliphatic carbocycles. The van der Waals surface area contributed by atoms with Crippen LogP contribution >= 0.6 is 0 Å². The van der Waals surface area contributed by atoms with E-state index in [0.717, 1.165) is 0 Å². The summed E-state index contributed by atoms with van der Waals surface area (Å²) >= 11 is 0. The van der Waals surface area contributed by atoms with Gasteiger partial charge in [-0.2, -0.15) is 0 Å². The molecule has 1 aromatic rings. The molecule has 0 saturated carbocycles. The second-order valence-electron chi connectivity index (χ2n) is 3.92. The Hall–Kier alpha value is -0.820. The predicted molar refractivity (Wildman–Crippen MR) is 55.7 cm³/mol. The second kappa shape index (κ2) is 4.43. The Labute approximate surface area is 80.4 Å². The second-order valence-corrected chi connectivity index (χ2v) is 3.92. The van der Waals surface area contributed by atoms with Gasteiger partial charge in [-0.1, -0.05) is 44.2 Å². The Balaban J connectivity index is 2.89. The summed E-state index contributed by atoms with van der Waals surface area (Å²) < 4.78 is 0. The first-order valence-corrected chi connectivity index (χ1v) is 4.86. The van der Waals surface area contributed by atoms with Crippen molar-refractivity contribution in [3.8, 4) is 0 Å². The van der Waals surface area contributed by atoms with Crippen LogP contribution in [0, 0.1) is 5.92 Å². The van der Waals surface area contributed by atoms with Crippen LogP contribution in [0.3, 0.4) is 0 Å². The van der Waals surface area contributed by atoms with Gasteiger partial charge in [0.15, 0.2) is 0 Å². The van der Waals surface area contributed by atoms with Crippen molar-refractivity contribution < 1.29 is 5.11 Å². The summed E-state index contributed by atoms with van der Waals surface area (Å²) in [5.41, 5.74) is 1.23. The van der Waals surface area contributed by atoms with Crippen LogP contribution in [0.2, 0.25) is 0 Å². The van der Waals surface area contributed by atoms with E-state index in [2.05, 4.69) is 26.0 Å². The first-order valence-electron chi connectivity index (χ1n) is 4.86. The van der Waals surface area contributed by atoms with Crippen molar-refractivity contribution in [2.24, 2.45) is 5.92 Å². The van der Waals surface area contributed by atoms with Crippen molar-refractivity contribution in [3.63, 3.8) is 0 Å². The summed E-state index contributed by atoms with van der Waals surface area (Å²) in [6.07, 6.45) is -0.276. The molecule has 0 aromatic heterocycles. The zero-order valence-corrected chi connectivity index (χ0v) is 8.57. The molecular formula is C12H18O. The van der Waals surface area contributed by atoms with E-state index in [1.807, 2.05) is 25.1 Å². The molecule has 0 saturated heterocycles. The van der Waals surface area contributed by atoms with Crippen LogP contribution < -0.4 is 0 Å². The highest BCUT2D eigenvalue weighted by Gasteiger charge is 2.20. The first kappa shape index (κ1) is 10.3. The topological polar surface area (TPSA) is 20.2 Å². The summed E-state index contributed by atoms with van der Waals surface area (Å²) in [4.78, 5) is 0. The number of benzene rings is 1. The standard InChI is InChI=1S/C12H18O/c1-9(2)12(10(3)13)11-7-5-4-6-8-11/h4-10,12-13H,1-3H3/t10?,12-/m0/s1. The van der Waals surface area contributed by atoms with Gasteiger partial charge in [0.25, 0.3) is 0 Å². The Bertz CT molecular complexity index is 231. The zero-order valence-electron chi connectivity index (χ0n) is 8.57. The average molecular weight is 178 g/mol. The van der Waals surface area contributed by atoms with Crippen LogP contribution in [-0.2, 0) is 0 Å². The van der Waals surface area contributed by atoms with Gasteiger partial charge >= 0.3 is 0 Å². The third-order valence-corrected chi connectivity index (χ3v) is 2.42. The van der Waals surface area contributed by atoms with Gasteiger partial charge in [-0.05, 0) is 18.4 Å². The normalized spacial score (nSPS) is 15.8. The molecule has 1 unspecified atom stereocenters. The van der Waals surface area contributed by atoms with Crippen molar-refractivity contribution in [1.29, 1.82) is 0 Å². The average Bonchev–Trinajstić information content (AvgIpc) is 2.04. The minimum atomic E-state index is -0.276. The monoisotopic (exact) mass is 178 g/mol. The van der Waals surface area contributed by atoms with Gasteiger partial charge < -0.3 is 5.11 Å². The third-order valence-electron chi connectivity index (χ3n) is 2.42. The number of hydrogen-bond donors (Lipinski definition) is 1. The lowest BCUT2D eigenvalue weighted by Crippen LogP contribution is -2.19. The molecule has 0 bridgehead atoms. The van der Waals surface area contributed by atoms with Crippen LogP contribution in [0.1, 0.15) is 32.3 Å². The number of rotatable bonds is 3. The minimum absolute atomic E-state index is 0.251. The maximum absolute atomic E-state index is 9.64. The highest BCUT2D eigenvalue weighted by molar-refractivity contribution is 5.20. The van der Waals surface area contributed by atoms with E-state index in [4.69, 9.17) is 0 Å². The molecule has 0 aliphatic heterocycles. The molecule has 0 spiro atoms. The van der Waals surface area contributed by atoms with Crippen LogP contribution in [-0.4, -0.2) is 11.2 Å². The maximum atomic E-state index is 9.64. The molecule has 0 fully saturated rings. The largest absolute Gasteiger partial charge is 0.393 e. The van der Waals surface area contributed by atoms with Crippen molar-refractivity contribution in [2.45, 2.75) is 32.8 Å². The van der Waals surface area contributed by atoms with Crippen molar-refractivity contribution in [2.75, 3.05) is 0 Å². The van der Waals surface area contributed by atoms with Crippen LogP contribution in [0.5, 0.6) is 0 Å². The Morgan fingerprint density at radius 1 is 1.00 bits per heavy atom. The molecule has 1 heteroatoms. The highest BCUT2D eigenvalue weighted by atomic mass is 16.3. The molecule has 1 N–H and O–H groups in total. The van der Waals surface area contributed by atoms with E-state index in [0.29, 0.717) is 5.92 Å². The summed E-state index contributed by atoms with van der Waals surface area (Å²) in [6.45, 7) is 6.15. The third kappa shape index (κ3) is 2.56. The van der Waals surface area contributed by atoms with Gasteiger partial charge in [-0.25, -0.2) is 0 Å². The molecule has 1 nitrogen and oxygen atoms in total. The fourth-order valence-electron chi connectivity index (χ4n) is 1.90. The zero-order chi connectivity index (χ0) is 9.84. The Morgan fingerprint density at radius 2 is 1.54 bits per heavy atom. The van der Waals surface area contributed by atoms with Gasteiger partial charge in [0.2, 0.25) is 0 Å². The molecule has 0 aliphatic rings.